The summed E-state index contributed by atoms with van der Waals surface area (Å²) in [6.45, 7) is 2.95. The third-order valence-corrected chi connectivity index (χ3v) is 4.83. The molecule has 0 bridgehead atoms. The largest absolute Gasteiger partial charge is 0.333 e. The number of halogens is 1. The lowest BCUT2D eigenvalue weighted by Crippen LogP contribution is -2.48. The number of likely N-dealkylation sites (N-methyl/N-ethyl adjacent to an activating group) is 1. The van der Waals surface area contributed by atoms with Crippen LogP contribution in [-0.2, 0) is 0 Å². The molecule has 1 aromatic heterocycles. The average molecular weight is 324 g/mol. The van der Waals surface area contributed by atoms with Gasteiger partial charge >= 0.3 is 0 Å². The van der Waals surface area contributed by atoms with Crippen molar-refractivity contribution in [3.8, 4) is 0 Å². The number of hydrogen-bond donors (Lipinski definition) is 0. The monoisotopic (exact) mass is 323 g/mol. The summed E-state index contributed by atoms with van der Waals surface area (Å²) in [4.78, 5) is 21.3. The molecule has 2 aliphatic rings. The van der Waals surface area contributed by atoms with Crippen molar-refractivity contribution in [2.45, 2.75) is 18.9 Å². The Bertz CT molecular complexity index is 493. The number of carbonyl (C=O) groups excluding carboxylic acids is 1. The molecule has 0 N–H and O–H groups in total. The molecule has 2 aliphatic heterocycles. The van der Waals surface area contributed by atoms with Crippen LogP contribution in [0, 0.1) is 5.92 Å². The van der Waals surface area contributed by atoms with Crippen molar-refractivity contribution >= 4 is 21.8 Å². The highest BCUT2D eigenvalue weighted by Crippen LogP contribution is 2.31. The van der Waals surface area contributed by atoms with Gasteiger partial charge in [-0.05, 0) is 53.9 Å². The van der Waals surface area contributed by atoms with Crippen LogP contribution < -0.4 is 0 Å². The van der Waals surface area contributed by atoms with Gasteiger partial charge in [-0.1, -0.05) is 0 Å². The molecule has 1 amide bonds. The normalized spacial score (nSPS) is 27.4. The first-order valence-electron chi connectivity index (χ1n) is 6.77. The quantitative estimate of drug-likeness (QED) is 0.793. The number of fused-ring (bicyclic) bond motifs is 1. The van der Waals surface area contributed by atoms with E-state index in [1.807, 2.05) is 17.0 Å². The van der Waals surface area contributed by atoms with Crippen LogP contribution in [-0.4, -0.2) is 53.4 Å². The van der Waals surface area contributed by atoms with Crippen LogP contribution >= 0.6 is 15.9 Å². The standard InChI is InChI=1S/C14H18BrN3O/c1-17-8-10-4-3-7-18(12(10)9-17)14(19)13-11(15)5-2-6-16-13/h2,5-6,10,12H,3-4,7-9H2,1H3/t10-,12+/m0/s1. The van der Waals surface area contributed by atoms with Crippen LogP contribution in [0.5, 0.6) is 0 Å². The Labute approximate surface area is 121 Å². The molecule has 2 atom stereocenters. The topological polar surface area (TPSA) is 36.4 Å². The Kier molecular flexibility index (Phi) is 3.58. The number of likely N-dealkylation sites (tertiary alicyclic amines) is 2. The van der Waals surface area contributed by atoms with Gasteiger partial charge in [0, 0.05) is 36.3 Å². The fourth-order valence-electron chi connectivity index (χ4n) is 3.32. The van der Waals surface area contributed by atoms with E-state index in [0.717, 1.165) is 30.5 Å². The maximum atomic E-state index is 12.7. The Hall–Kier alpha value is -0.940. The van der Waals surface area contributed by atoms with Gasteiger partial charge in [0.1, 0.15) is 5.69 Å². The Morgan fingerprint density at radius 1 is 1.47 bits per heavy atom. The zero-order chi connectivity index (χ0) is 13.4. The molecule has 3 heterocycles. The maximum absolute atomic E-state index is 12.7. The predicted molar refractivity (Wildman–Crippen MR) is 77.0 cm³/mol. The molecule has 1 aromatic rings. The maximum Gasteiger partial charge on any atom is 0.273 e. The molecular formula is C14H18BrN3O. The number of carbonyl (C=O) groups is 1. The van der Waals surface area contributed by atoms with Gasteiger partial charge in [-0.3, -0.25) is 4.79 Å². The molecule has 19 heavy (non-hydrogen) atoms. The van der Waals surface area contributed by atoms with Crippen molar-refractivity contribution in [3.63, 3.8) is 0 Å². The summed E-state index contributed by atoms with van der Waals surface area (Å²) >= 11 is 3.43. The zero-order valence-corrected chi connectivity index (χ0v) is 12.6. The highest BCUT2D eigenvalue weighted by Gasteiger charge is 2.40. The molecule has 5 heteroatoms. The van der Waals surface area contributed by atoms with Crippen LogP contribution in [0.15, 0.2) is 22.8 Å². The van der Waals surface area contributed by atoms with Crippen LogP contribution in [0.1, 0.15) is 23.3 Å². The van der Waals surface area contributed by atoms with E-state index in [2.05, 4.69) is 32.9 Å². The molecule has 0 spiro atoms. The first kappa shape index (κ1) is 13.1. The summed E-state index contributed by atoms with van der Waals surface area (Å²) in [6, 6.07) is 4.08. The minimum atomic E-state index is 0.0671. The second-order valence-corrected chi connectivity index (χ2v) is 6.38. The molecular weight excluding hydrogens is 306 g/mol. The van der Waals surface area contributed by atoms with E-state index in [-0.39, 0.29) is 5.91 Å². The van der Waals surface area contributed by atoms with E-state index in [0.29, 0.717) is 17.7 Å². The lowest BCUT2D eigenvalue weighted by molar-refractivity contribution is 0.0564. The van der Waals surface area contributed by atoms with E-state index in [4.69, 9.17) is 0 Å². The Morgan fingerprint density at radius 3 is 3.11 bits per heavy atom. The molecule has 102 valence electrons. The second kappa shape index (κ2) is 5.21. The number of rotatable bonds is 1. The molecule has 0 unspecified atom stereocenters. The van der Waals surface area contributed by atoms with Crippen LogP contribution in [0.25, 0.3) is 0 Å². The van der Waals surface area contributed by atoms with Gasteiger partial charge in [-0.2, -0.15) is 0 Å². The smallest absolute Gasteiger partial charge is 0.273 e. The number of hydrogen-bond acceptors (Lipinski definition) is 3. The molecule has 0 radical (unpaired) electrons. The van der Waals surface area contributed by atoms with E-state index >= 15 is 0 Å². The molecule has 2 saturated heterocycles. The molecule has 0 saturated carbocycles. The number of piperidine rings is 1. The van der Waals surface area contributed by atoms with E-state index < -0.39 is 0 Å². The third-order valence-electron chi connectivity index (χ3n) is 4.19. The van der Waals surface area contributed by atoms with Gasteiger partial charge in [-0.15, -0.1) is 0 Å². The summed E-state index contributed by atoms with van der Waals surface area (Å²) in [6.07, 6.45) is 4.02. The SMILES string of the molecule is CN1C[C@@H]2CCCN(C(=O)c3ncccc3Br)[C@@H]2C1. The summed E-state index contributed by atoms with van der Waals surface area (Å²) in [7, 11) is 2.14. The summed E-state index contributed by atoms with van der Waals surface area (Å²) in [5.41, 5.74) is 0.540. The van der Waals surface area contributed by atoms with Gasteiger partial charge in [0.2, 0.25) is 0 Å². The minimum Gasteiger partial charge on any atom is -0.333 e. The first-order chi connectivity index (χ1) is 9.16. The fraction of sp³-hybridized carbons (Fsp3) is 0.571. The van der Waals surface area contributed by atoms with Crippen molar-refractivity contribution in [2.24, 2.45) is 5.92 Å². The summed E-state index contributed by atoms with van der Waals surface area (Å²) in [5, 5.41) is 0. The number of pyridine rings is 1. The van der Waals surface area contributed by atoms with Crippen molar-refractivity contribution in [3.05, 3.63) is 28.5 Å². The number of amides is 1. The van der Waals surface area contributed by atoms with Crippen molar-refractivity contribution in [1.82, 2.24) is 14.8 Å². The predicted octanol–water partition coefficient (Wildman–Crippen LogP) is 2.01. The minimum absolute atomic E-state index is 0.0671. The third kappa shape index (κ3) is 2.41. The molecule has 2 fully saturated rings. The van der Waals surface area contributed by atoms with Crippen molar-refractivity contribution in [1.29, 1.82) is 0 Å². The van der Waals surface area contributed by atoms with Gasteiger partial charge in [-0.25, -0.2) is 4.98 Å². The van der Waals surface area contributed by atoms with E-state index in [1.165, 1.54) is 6.42 Å². The molecule has 4 nitrogen and oxygen atoms in total. The van der Waals surface area contributed by atoms with Crippen molar-refractivity contribution < 1.29 is 4.79 Å². The fourth-order valence-corrected chi connectivity index (χ4v) is 3.75. The lowest BCUT2D eigenvalue weighted by Gasteiger charge is -2.37. The molecule has 0 aromatic carbocycles. The summed E-state index contributed by atoms with van der Waals surface area (Å²) < 4.78 is 0.786. The van der Waals surface area contributed by atoms with Crippen LogP contribution in [0.2, 0.25) is 0 Å². The highest BCUT2D eigenvalue weighted by molar-refractivity contribution is 9.10. The first-order valence-corrected chi connectivity index (χ1v) is 7.56. The van der Waals surface area contributed by atoms with Crippen LogP contribution in [0.3, 0.4) is 0 Å². The van der Waals surface area contributed by atoms with Crippen molar-refractivity contribution in [2.75, 3.05) is 26.7 Å². The summed E-state index contributed by atoms with van der Waals surface area (Å²) in [5.74, 6) is 0.697. The van der Waals surface area contributed by atoms with Gasteiger partial charge in [0.05, 0.1) is 0 Å². The zero-order valence-electron chi connectivity index (χ0n) is 11.1. The van der Waals surface area contributed by atoms with E-state index in [1.54, 1.807) is 6.20 Å². The van der Waals surface area contributed by atoms with Gasteiger partial charge in [0.15, 0.2) is 0 Å². The average Bonchev–Trinajstić information content (AvgIpc) is 2.78. The highest BCUT2D eigenvalue weighted by atomic mass is 79.9. The Morgan fingerprint density at radius 2 is 2.32 bits per heavy atom. The van der Waals surface area contributed by atoms with Gasteiger partial charge < -0.3 is 9.80 Å². The number of aromatic nitrogens is 1. The molecule has 0 aliphatic carbocycles. The van der Waals surface area contributed by atoms with Gasteiger partial charge in [0.25, 0.3) is 5.91 Å². The lowest BCUT2D eigenvalue weighted by atomic mass is 9.92. The van der Waals surface area contributed by atoms with E-state index in [9.17, 15) is 4.79 Å². The molecule has 3 rings (SSSR count). The number of nitrogens with zero attached hydrogens (tertiary/aromatic N) is 3. The Balaban J connectivity index is 1.85. The van der Waals surface area contributed by atoms with Crippen LogP contribution in [0.4, 0.5) is 0 Å². The second-order valence-electron chi connectivity index (χ2n) is 5.52.